The lowest BCUT2D eigenvalue weighted by Crippen LogP contribution is -2.40. The maximum absolute atomic E-state index is 12.5. The first-order valence-electron chi connectivity index (χ1n) is 6.93. The number of hydrogen-bond donors (Lipinski definition) is 2. The van der Waals surface area contributed by atoms with Crippen molar-refractivity contribution in [3.63, 3.8) is 0 Å². The SMILES string of the molecule is CC1CCN(C(=O)c2cn3c(n2)NCCC3)C1CO. The molecule has 2 unspecified atom stereocenters. The third-order valence-corrected chi connectivity index (χ3v) is 4.18. The highest BCUT2D eigenvalue weighted by Crippen LogP contribution is 2.26. The summed E-state index contributed by atoms with van der Waals surface area (Å²) in [6, 6.07) is -0.0702. The molecule has 2 atom stereocenters. The Morgan fingerprint density at radius 3 is 3.16 bits per heavy atom. The van der Waals surface area contributed by atoms with Crippen molar-refractivity contribution < 1.29 is 9.90 Å². The fourth-order valence-corrected chi connectivity index (χ4v) is 2.97. The van der Waals surface area contributed by atoms with Gasteiger partial charge in [0.05, 0.1) is 12.6 Å². The largest absolute Gasteiger partial charge is 0.394 e. The van der Waals surface area contributed by atoms with Gasteiger partial charge in [0.1, 0.15) is 5.69 Å². The van der Waals surface area contributed by atoms with Gasteiger partial charge < -0.3 is 19.9 Å². The van der Waals surface area contributed by atoms with E-state index < -0.39 is 0 Å². The predicted molar refractivity (Wildman–Crippen MR) is 71.0 cm³/mol. The second-order valence-corrected chi connectivity index (χ2v) is 5.44. The molecule has 104 valence electrons. The minimum absolute atomic E-state index is 0.0265. The topological polar surface area (TPSA) is 70.4 Å². The molecule has 19 heavy (non-hydrogen) atoms. The van der Waals surface area contributed by atoms with Gasteiger partial charge in [0.25, 0.3) is 5.91 Å². The van der Waals surface area contributed by atoms with Crippen LogP contribution in [0.3, 0.4) is 0 Å². The summed E-state index contributed by atoms with van der Waals surface area (Å²) < 4.78 is 1.99. The maximum atomic E-state index is 12.5. The number of rotatable bonds is 2. The third kappa shape index (κ3) is 2.10. The number of carbonyl (C=O) groups is 1. The van der Waals surface area contributed by atoms with E-state index in [1.807, 2.05) is 10.8 Å². The van der Waals surface area contributed by atoms with Crippen LogP contribution in [0.1, 0.15) is 30.3 Å². The number of aliphatic hydroxyl groups excluding tert-OH is 1. The first kappa shape index (κ1) is 12.5. The Kier molecular flexibility index (Phi) is 3.18. The summed E-state index contributed by atoms with van der Waals surface area (Å²) in [6.45, 7) is 4.63. The van der Waals surface area contributed by atoms with Crippen LogP contribution in [-0.2, 0) is 6.54 Å². The molecule has 1 amide bonds. The molecule has 0 radical (unpaired) electrons. The number of aromatic nitrogens is 2. The predicted octanol–water partition coefficient (Wildman–Crippen LogP) is 0.542. The Bertz CT molecular complexity index is 461. The lowest BCUT2D eigenvalue weighted by atomic mass is 10.0. The van der Waals surface area contributed by atoms with Crippen LogP contribution >= 0.6 is 0 Å². The molecule has 1 aromatic heterocycles. The minimum Gasteiger partial charge on any atom is -0.394 e. The molecule has 0 aromatic carbocycles. The van der Waals surface area contributed by atoms with Gasteiger partial charge in [-0.05, 0) is 18.8 Å². The normalized spacial score (nSPS) is 26.1. The Morgan fingerprint density at radius 2 is 2.42 bits per heavy atom. The van der Waals surface area contributed by atoms with Crippen LogP contribution in [-0.4, -0.2) is 51.2 Å². The molecule has 6 heteroatoms. The first-order chi connectivity index (χ1) is 9.20. The first-order valence-corrected chi connectivity index (χ1v) is 6.93. The van der Waals surface area contributed by atoms with E-state index in [1.54, 1.807) is 4.90 Å². The number of imidazole rings is 1. The number of aliphatic hydroxyl groups is 1. The van der Waals surface area contributed by atoms with E-state index in [9.17, 15) is 9.90 Å². The second-order valence-electron chi connectivity index (χ2n) is 5.44. The van der Waals surface area contributed by atoms with Gasteiger partial charge in [0.15, 0.2) is 0 Å². The molecule has 0 bridgehead atoms. The number of nitrogens with one attached hydrogen (secondary N) is 1. The summed E-state index contributed by atoms with van der Waals surface area (Å²) in [5.74, 6) is 1.07. The molecule has 1 fully saturated rings. The number of anilines is 1. The molecule has 2 N–H and O–H groups in total. The molecule has 2 aliphatic rings. The zero-order chi connectivity index (χ0) is 13.4. The molecule has 3 heterocycles. The molecular formula is C13H20N4O2. The standard InChI is InChI=1S/C13H20N4O2/c1-9-3-6-17(11(9)8-18)12(19)10-7-16-5-2-4-14-13(16)15-10/h7,9,11,18H,2-6,8H2,1H3,(H,14,15). The Morgan fingerprint density at radius 1 is 1.58 bits per heavy atom. The molecule has 6 nitrogen and oxygen atoms in total. The van der Waals surface area contributed by atoms with E-state index in [0.717, 1.165) is 31.9 Å². The van der Waals surface area contributed by atoms with E-state index in [1.165, 1.54) is 0 Å². The Labute approximate surface area is 112 Å². The number of carbonyl (C=O) groups excluding carboxylic acids is 1. The zero-order valence-electron chi connectivity index (χ0n) is 11.2. The van der Waals surface area contributed by atoms with Crippen LogP contribution in [0.2, 0.25) is 0 Å². The fraction of sp³-hybridized carbons (Fsp3) is 0.692. The minimum atomic E-state index is -0.0702. The monoisotopic (exact) mass is 264 g/mol. The molecular weight excluding hydrogens is 244 g/mol. The molecule has 1 aromatic rings. The van der Waals surface area contributed by atoms with Gasteiger partial charge in [-0.2, -0.15) is 0 Å². The van der Waals surface area contributed by atoms with Crippen LogP contribution in [0.15, 0.2) is 6.20 Å². The van der Waals surface area contributed by atoms with Crippen molar-refractivity contribution in [2.75, 3.05) is 25.0 Å². The highest BCUT2D eigenvalue weighted by Gasteiger charge is 2.35. The number of aryl methyl sites for hydroxylation is 1. The lowest BCUT2D eigenvalue weighted by molar-refractivity contribution is 0.0643. The summed E-state index contributed by atoms with van der Waals surface area (Å²) in [5.41, 5.74) is 0.483. The highest BCUT2D eigenvalue weighted by molar-refractivity contribution is 5.93. The molecule has 0 aliphatic carbocycles. The quantitative estimate of drug-likeness (QED) is 0.818. The molecule has 1 saturated heterocycles. The molecule has 3 rings (SSSR count). The van der Waals surface area contributed by atoms with Gasteiger partial charge in [-0.25, -0.2) is 4.98 Å². The van der Waals surface area contributed by atoms with Crippen LogP contribution in [0, 0.1) is 5.92 Å². The number of nitrogens with zero attached hydrogens (tertiary/aromatic N) is 3. The zero-order valence-corrected chi connectivity index (χ0v) is 11.2. The molecule has 0 saturated carbocycles. The summed E-state index contributed by atoms with van der Waals surface area (Å²) >= 11 is 0. The number of fused-ring (bicyclic) bond motifs is 1. The van der Waals surface area contributed by atoms with Gasteiger partial charge in [-0.1, -0.05) is 6.92 Å². The van der Waals surface area contributed by atoms with Crippen LogP contribution in [0.25, 0.3) is 0 Å². The van der Waals surface area contributed by atoms with Crippen molar-refractivity contribution in [3.8, 4) is 0 Å². The van der Waals surface area contributed by atoms with Crippen molar-refractivity contribution in [3.05, 3.63) is 11.9 Å². The average molecular weight is 264 g/mol. The van der Waals surface area contributed by atoms with Gasteiger partial charge >= 0.3 is 0 Å². The number of likely N-dealkylation sites (tertiary alicyclic amines) is 1. The van der Waals surface area contributed by atoms with Crippen molar-refractivity contribution >= 4 is 11.9 Å². The van der Waals surface area contributed by atoms with Gasteiger partial charge in [-0.15, -0.1) is 0 Å². The smallest absolute Gasteiger partial charge is 0.274 e. The molecule has 0 spiro atoms. The number of amides is 1. The fourth-order valence-electron chi connectivity index (χ4n) is 2.97. The maximum Gasteiger partial charge on any atom is 0.274 e. The second kappa shape index (κ2) is 4.85. The average Bonchev–Trinajstić information content (AvgIpc) is 3.00. The van der Waals surface area contributed by atoms with Crippen molar-refractivity contribution in [2.45, 2.75) is 32.4 Å². The highest BCUT2D eigenvalue weighted by atomic mass is 16.3. The van der Waals surface area contributed by atoms with Crippen molar-refractivity contribution in [2.24, 2.45) is 5.92 Å². The molecule has 2 aliphatic heterocycles. The summed E-state index contributed by atoms with van der Waals surface area (Å²) in [7, 11) is 0. The summed E-state index contributed by atoms with van der Waals surface area (Å²) in [5, 5.41) is 12.6. The Hall–Kier alpha value is -1.56. The van der Waals surface area contributed by atoms with E-state index in [0.29, 0.717) is 18.2 Å². The third-order valence-electron chi connectivity index (χ3n) is 4.18. The lowest BCUT2D eigenvalue weighted by Gasteiger charge is -2.24. The van der Waals surface area contributed by atoms with Gasteiger partial charge in [-0.3, -0.25) is 4.79 Å². The summed E-state index contributed by atoms with van der Waals surface area (Å²) in [6.07, 6.45) is 3.82. The van der Waals surface area contributed by atoms with E-state index in [-0.39, 0.29) is 18.6 Å². The van der Waals surface area contributed by atoms with E-state index in [4.69, 9.17) is 0 Å². The van der Waals surface area contributed by atoms with Crippen molar-refractivity contribution in [1.29, 1.82) is 0 Å². The van der Waals surface area contributed by atoms with Crippen LogP contribution in [0.5, 0.6) is 0 Å². The van der Waals surface area contributed by atoms with Gasteiger partial charge in [0.2, 0.25) is 5.95 Å². The van der Waals surface area contributed by atoms with Crippen molar-refractivity contribution in [1.82, 2.24) is 14.5 Å². The summed E-state index contributed by atoms with van der Waals surface area (Å²) in [4.78, 5) is 18.6. The van der Waals surface area contributed by atoms with Crippen LogP contribution in [0.4, 0.5) is 5.95 Å². The Balaban J connectivity index is 1.82. The number of hydrogen-bond acceptors (Lipinski definition) is 4. The van der Waals surface area contributed by atoms with E-state index >= 15 is 0 Å². The van der Waals surface area contributed by atoms with E-state index in [2.05, 4.69) is 17.2 Å². The van der Waals surface area contributed by atoms with Crippen LogP contribution < -0.4 is 5.32 Å². The van der Waals surface area contributed by atoms with Gasteiger partial charge in [0, 0.05) is 25.8 Å².